The van der Waals surface area contributed by atoms with Gasteiger partial charge in [-0.3, -0.25) is 9.59 Å². The maximum atomic E-state index is 12.3. The molecule has 2 amide bonds. The van der Waals surface area contributed by atoms with Crippen LogP contribution in [0.4, 0.5) is 5.69 Å². The Morgan fingerprint density at radius 2 is 1.57 bits per heavy atom. The molecule has 7 heteroatoms. The highest BCUT2D eigenvalue weighted by molar-refractivity contribution is 9.10. The largest absolute Gasteiger partial charge is 0.508 e. The van der Waals surface area contributed by atoms with Gasteiger partial charge in [-0.05, 0) is 82.2 Å². The smallest absolute Gasteiger partial charge is 0.271 e. The monoisotopic (exact) mass is 437 g/mol. The molecule has 140 valence electrons. The lowest BCUT2D eigenvalue weighted by Crippen LogP contribution is -2.18. The Balaban J connectivity index is 1.59. The first-order valence-electron chi connectivity index (χ1n) is 8.31. The van der Waals surface area contributed by atoms with Gasteiger partial charge in [0.2, 0.25) is 0 Å². The average molecular weight is 438 g/mol. The Morgan fingerprint density at radius 1 is 0.893 bits per heavy atom. The molecule has 28 heavy (non-hydrogen) atoms. The van der Waals surface area contributed by atoms with E-state index in [1.54, 1.807) is 54.6 Å². The fourth-order valence-electron chi connectivity index (χ4n) is 2.34. The summed E-state index contributed by atoms with van der Waals surface area (Å²) in [5, 5.41) is 15.9. The Labute approximate surface area is 170 Å². The van der Waals surface area contributed by atoms with Crippen LogP contribution in [-0.2, 0) is 0 Å². The molecule has 0 unspecified atom stereocenters. The molecule has 0 radical (unpaired) electrons. The lowest BCUT2D eigenvalue weighted by molar-refractivity contribution is 0.0954. The van der Waals surface area contributed by atoms with E-state index in [0.717, 1.165) is 5.56 Å². The summed E-state index contributed by atoms with van der Waals surface area (Å²) >= 11 is 3.35. The van der Waals surface area contributed by atoms with Gasteiger partial charge in [0.25, 0.3) is 11.8 Å². The van der Waals surface area contributed by atoms with Crippen molar-refractivity contribution in [3.8, 4) is 5.75 Å². The summed E-state index contributed by atoms with van der Waals surface area (Å²) in [6, 6.07) is 20.0. The minimum absolute atomic E-state index is 0.160. The van der Waals surface area contributed by atoms with Gasteiger partial charge in [-0.2, -0.15) is 5.10 Å². The molecule has 0 saturated carbocycles. The molecule has 3 aromatic carbocycles. The lowest BCUT2D eigenvalue weighted by Gasteiger charge is -2.07. The zero-order valence-corrected chi connectivity index (χ0v) is 16.2. The number of phenols is 1. The summed E-state index contributed by atoms with van der Waals surface area (Å²) in [6.45, 7) is 0. The number of phenolic OH excluding ortho intramolecular Hbond substituents is 1. The zero-order valence-electron chi connectivity index (χ0n) is 14.6. The normalized spacial score (nSPS) is 10.6. The van der Waals surface area contributed by atoms with Crippen molar-refractivity contribution in [2.75, 3.05) is 5.32 Å². The Bertz CT molecular complexity index is 1020. The van der Waals surface area contributed by atoms with Crippen LogP contribution in [0.15, 0.2) is 82.4 Å². The van der Waals surface area contributed by atoms with Crippen LogP contribution in [0.2, 0.25) is 0 Å². The molecule has 0 aliphatic carbocycles. The van der Waals surface area contributed by atoms with Gasteiger partial charge in [-0.15, -0.1) is 0 Å². The van der Waals surface area contributed by atoms with Gasteiger partial charge in [0.15, 0.2) is 0 Å². The van der Waals surface area contributed by atoms with Crippen LogP contribution >= 0.6 is 15.9 Å². The van der Waals surface area contributed by atoms with Crippen LogP contribution in [0, 0.1) is 0 Å². The second-order valence-electron chi connectivity index (χ2n) is 5.80. The minimum Gasteiger partial charge on any atom is -0.508 e. The third kappa shape index (κ3) is 5.05. The Morgan fingerprint density at radius 3 is 2.25 bits per heavy atom. The summed E-state index contributed by atoms with van der Waals surface area (Å²) < 4.78 is 0.704. The second kappa shape index (κ2) is 8.96. The first-order valence-corrected chi connectivity index (χ1v) is 9.10. The number of hydrogen-bond donors (Lipinski definition) is 3. The number of aromatic hydroxyl groups is 1. The predicted octanol–water partition coefficient (Wildman–Crippen LogP) is 4.17. The van der Waals surface area contributed by atoms with Gasteiger partial charge in [0.05, 0.1) is 11.8 Å². The molecule has 0 aliphatic heterocycles. The van der Waals surface area contributed by atoms with Gasteiger partial charge in [-0.25, -0.2) is 5.43 Å². The molecule has 3 rings (SSSR count). The summed E-state index contributed by atoms with van der Waals surface area (Å²) in [5.41, 5.74) is 4.67. The van der Waals surface area contributed by atoms with Crippen molar-refractivity contribution < 1.29 is 14.7 Å². The molecule has 0 saturated heterocycles. The van der Waals surface area contributed by atoms with Gasteiger partial charge >= 0.3 is 0 Å². The molecular formula is C21H16BrN3O3. The molecule has 0 aromatic heterocycles. The second-order valence-corrected chi connectivity index (χ2v) is 6.66. The number of carbonyl (C=O) groups is 2. The summed E-state index contributed by atoms with van der Waals surface area (Å²) in [4.78, 5) is 24.4. The quantitative estimate of drug-likeness (QED) is 0.413. The number of hydrogen-bond acceptors (Lipinski definition) is 4. The highest BCUT2D eigenvalue weighted by Crippen LogP contribution is 2.18. The number of nitrogens with one attached hydrogen (secondary N) is 2. The first kappa shape index (κ1) is 19.3. The molecule has 0 fully saturated rings. The number of halogens is 1. The van der Waals surface area contributed by atoms with E-state index in [1.165, 1.54) is 18.3 Å². The van der Waals surface area contributed by atoms with Crippen LogP contribution in [0.3, 0.4) is 0 Å². The van der Waals surface area contributed by atoms with Crippen molar-refractivity contribution in [2.45, 2.75) is 0 Å². The molecule has 3 aromatic rings. The molecule has 0 heterocycles. The minimum atomic E-state index is -0.376. The highest BCUT2D eigenvalue weighted by Gasteiger charge is 2.10. The Kier molecular flexibility index (Phi) is 6.18. The van der Waals surface area contributed by atoms with Crippen molar-refractivity contribution in [1.29, 1.82) is 0 Å². The van der Waals surface area contributed by atoms with E-state index in [2.05, 4.69) is 31.8 Å². The van der Waals surface area contributed by atoms with Crippen LogP contribution in [0.1, 0.15) is 26.3 Å². The van der Waals surface area contributed by atoms with E-state index in [0.29, 0.717) is 21.3 Å². The molecule has 0 atom stereocenters. The SMILES string of the molecule is O=C(NN=Cc1ccc(O)cc1)c1ccc(NC(=O)c2ccccc2Br)cc1. The van der Waals surface area contributed by atoms with Gasteiger partial charge in [0, 0.05) is 15.7 Å². The first-order chi connectivity index (χ1) is 13.5. The number of nitrogens with zero attached hydrogens (tertiary/aromatic N) is 1. The van der Waals surface area contributed by atoms with Gasteiger partial charge in [-0.1, -0.05) is 12.1 Å². The number of rotatable bonds is 5. The van der Waals surface area contributed by atoms with Crippen molar-refractivity contribution >= 4 is 39.6 Å². The van der Waals surface area contributed by atoms with Crippen LogP contribution in [0.5, 0.6) is 5.75 Å². The maximum absolute atomic E-state index is 12.3. The number of anilines is 1. The van der Waals surface area contributed by atoms with Crippen LogP contribution in [0.25, 0.3) is 0 Å². The predicted molar refractivity (Wildman–Crippen MR) is 112 cm³/mol. The molecule has 0 bridgehead atoms. The summed E-state index contributed by atoms with van der Waals surface area (Å²) in [5.74, 6) is -0.463. The molecule has 0 aliphatic rings. The van der Waals surface area contributed by atoms with E-state index in [9.17, 15) is 14.7 Å². The number of hydrazone groups is 1. The Hall–Kier alpha value is -3.45. The van der Waals surface area contributed by atoms with E-state index in [-0.39, 0.29) is 17.6 Å². The average Bonchev–Trinajstić information content (AvgIpc) is 2.70. The van der Waals surface area contributed by atoms with Crippen molar-refractivity contribution in [3.05, 3.63) is 94.0 Å². The highest BCUT2D eigenvalue weighted by atomic mass is 79.9. The van der Waals surface area contributed by atoms with Crippen LogP contribution in [-0.4, -0.2) is 23.1 Å². The molecular weight excluding hydrogens is 422 g/mol. The number of carbonyl (C=O) groups excluding carboxylic acids is 2. The standard InChI is InChI=1S/C21H16BrN3O3/c22-19-4-2-1-3-18(19)21(28)24-16-9-7-15(8-10-16)20(27)25-23-13-14-5-11-17(26)12-6-14/h1-13,26H,(H,24,28)(H,25,27). The van der Waals surface area contributed by atoms with Crippen molar-refractivity contribution in [3.63, 3.8) is 0 Å². The van der Waals surface area contributed by atoms with Gasteiger partial charge in [0.1, 0.15) is 5.75 Å². The number of benzene rings is 3. The number of amides is 2. The van der Waals surface area contributed by atoms with Crippen LogP contribution < -0.4 is 10.7 Å². The third-order valence-corrected chi connectivity index (χ3v) is 4.49. The van der Waals surface area contributed by atoms with E-state index in [4.69, 9.17) is 0 Å². The topological polar surface area (TPSA) is 90.8 Å². The summed E-state index contributed by atoms with van der Waals surface area (Å²) in [6.07, 6.45) is 1.48. The molecule has 0 spiro atoms. The molecule has 3 N–H and O–H groups in total. The van der Waals surface area contributed by atoms with Crippen molar-refractivity contribution in [2.24, 2.45) is 5.10 Å². The molecule has 6 nitrogen and oxygen atoms in total. The maximum Gasteiger partial charge on any atom is 0.271 e. The zero-order chi connectivity index (χ0) is 19.9. The fourth-order valence-corrected chi connectivity index (χ4v) is 2.80. The fraction of sp³-hybridized carbons (Fsp3) is 0. The van der Waals surface area contributed by atoms with E-state index in [1.807, 2.05) is 6.07 Å². The third-order valence-electron chi connectivity index (χ3n) is 3.80. The van der Waals surface area contributed by atoms with E-state index < -0.39 is 0 Å². The van der Waals surface area contributed by atoms with Gasteiger partial charge < -0.3 is 10.4 Å². The lowest BCUT2D eigenvalue weighted by atomic mass is 10.1. The summed E-state index contributed by atoms with van der Waals surface area (Å²) in [7, 11) is 0. The van der Waals surface area contributed by atoms with E-state index >= 15 is 0 Å². The van der Waals surface area contributed by atoms with Crippen molar-refractivity contribution in [1.82, 2.24) is 5.43 Å².